The molecule has 0 aliphatic carbocycles. The van der Waals surface area contributed by atoms with Crippen LogP contribution in [0.25, 0.3) is 0 Å². The van der Waals surface area contributed by atoms with Crippen molar-refractivity contribution in [3.8, 4) is 12.3 Å². The summed E-state index contributed by atoms with van der Waals surface area (Å²) in [5.41, 5.74) is 0. The largest absolute Gasteiger partial charge is 0.345 e. The molecule has 0 saturated carbocycles. The Morgan fingerprint density at radius 3 is 1.44 bits per heavy atom. The smallest absolute Gasteiger partial charge is 0.0379 e. The van der Waals surface area contributed by atoms with E-state index in [1.54, 1.807) is 6.42 Å². The molecule has 49 valence electrons. The minimum absolute atomic E-state index is 0. The summed E-state index contributed by atoms with van der Waals surface area (Å²) in [6.45, 7) is 8.62. The van der Waals surface area contributed by atoms with E-state index in [4.69, 9.17) is 6.42 Å². The quantitative estimate of drug-likeness (QED) is 0.313. The topological polar surface area (TPSA) is 0 Å². The molecule has 0 aromatic rings. The van der Waals surface area contributed by atoms with Crippen LogP contribution in [0.4, 0.5) is 0 Å². The summed E-state index contributed by atoms with van der Waals surface area (Å²) < 4.78 is 0. The number of hydrogen-bond acceptors (Lipinski definition) is 0. The van der Waals surface area contributed by atoms with Crippen molar-refractivity contribution >= 4 is 8.80 Å². The normalized spacial score (nSPS) is 5.78. The minimum atomic E-state index is 0. The Labute approximate surface area is 73.8 Å². The predicted molar refractivity (Wildman–Crippen MR) is 42.2 cm³/mol. The fraction of sp³-hybridized carbons (Fsp3) is 0.571. The first-order valence-corrected chi connectivity index (χ1v) is 5.65. The summed E-state index contributed by atoms with van der Waals surface area (Å²) in [5, 5.41) is 0. The summed E-state index contributed by atoms with van der Waals surface area (Å²) in [4.78, 5) is 0. The third-order valence-corrected chi connectivity index (χ3v) is 0.167. The fourth-order valence-corrected chi connectivity index (χ4v) is 0. The molecule has 0 spiro atoms. The van der Waals surface area contributed by atoms with Gasteiger partial charge in [-0.1, -0.05) is 19.6 Å². The molecule has 0 rings (SSSR count). The van der Waals surface area contributed by atoms with Crippen LogP contribution < -0.4 is 0 Å². The van der Waals surface area contributed by atoms with Crippen LogP contribution in [-0.2, 0) is 19.5 Å². The van der Waals surface area contributed by atoms with Gasteiger partial charge in [0.2, 0.25) is 0 Å². The Hall–Kier alpha value is 0.270. The van der Waals surface area contributed by atoms with Gasteiger partial charge >= 0.3 is 0 Å². The molecule has 0 heterocycles. The zero-order chi connectivity index (χ0) is 6.99. The molecule has 9 heavy (non-hydrogen) atoms. The third kappa shape index (κ3) is 202. The molecule has 0 aromatic carbocycles. The van der Waals surface area contributed by atoms with E-state index in [1.165, 1.54) is 0 Å². The second-order valence-corrected chi connectivity index (χ2v) is 4.96. The van der Waals surface area contributed by atoms with Gasteiger partial charge in [-0.05, 0) is 0 Å². The fourth-order valence-electron chi connectivity index (χ4n) is 0. The van der Waals surface area contributed by atoms with E-state index < -0.39 is 0 Å². The average molecular weight is 192 g/mol. The zero-order valence-corrected chi connectivity index (χ0v) is 10.8. The van der Waals surface area contributed by atoms with Gasteiger partial charge in [-0.25, -0.2) is 0 Å². The maximum absolute atomic E-state index is 4.72. The molecule has 0 N–H and O–H groups in total. The van der Waals surface area contributed by atoms with Crippen molar-refractivity contribution in [2.45, 2.75) is 26.6 Å². The molecule has 0 bridgehead atoms. The molecular formula is C7H14SiZn-. The Balaban J connectivity index is -0.0000000720. The van der Waals surface area contributed by atoms with E-state index in [0.29, 0.717) is 0 Å². The van der Waals surface area contributed by atoms with Crippen molar-refractivity contribution in [2.24, 2.45) is 0 Å². The summed E-state index contributed by atoms with van der Waals surface area (Å²) in [5.74, 6) is 2.31. The first-order chi connectivity index (χ1) is 3.65. The van der Waals surface area contributed by atoms with Gasteiger partial charge in [-0.3, -0.25) is 5.92 Å². The van der Waals surface area contributed by atoms with E-state index in [1.807, 2.05) is 6.92 Å². The van der Waals surface area contributed by atoms with Gasteiger partial charge in [-0.15, -0.1) is 6.92 Å². The summed E-state index contributed by atoms with van der Waals surface area (Å²) in [6, 6.07) is 0. The molecule has 0 aliphatic rings. The van der Waals surface area contributed by atoms with Gasteiger partial charge in [0.1, 0.15) is 0 Å². The summed E-state index contributed by atoms with van der Waals surface area (Å²) >= 11 is 0. The van der Waals surface area contributed by atoms with Crippen LogP contribution in [0.2, 0.25) is 19.6 Å². The molecule has 2 heteroatoms. The first-order valence-electron chi connectivity index (χ1n) is 2.65. The molecule has 1 radical (unpaired) electrons. The van der Waals surface area contributed by atoms with Crippen molar-refractivity contribution in [3.63, 3.8) is 0 Å². The Kier molecular flexibility index (Phi) is 28.2. The number of hydrogen-bond donors (Lipinski definition) is 0. The SMILES string of the molecule is C#C[CH-]C.C[Si](C)C.[Zn]. The molecule has 0 saturated heterocycles. The first kappa shape index (κ1) is 16.1. The predicted octanol–water partition coefficient (Wildman–Crippen LogP) is 2.21. The van der Waals surface area contributed by atoms with Gasteiger partial charge in [0.25, 0.3) is 0 Å². The van der Waals surface area contributed by atoms with Gasteiger partial charge in [0, 0.05) is 28.3 Å². The minimum Gasteiger partial charge on any atom is -0.345 e. The van der Waals surface area contributed by atoms with Crippen LogP contribution >= 0.6 is 0 Å². The standard InChI is InChI=1S/C4H5.C3H9Si.Zn/c1-3-4-2;1-4(2)3;/h1,4H,2H3;1-3H3;/q-1;;. The molecule has 0 amide bonds. The van der Waals surface area contributed by atoms with Gasteiger partial charge in [-0.2, -0.15) is 6.42 Å². The molecule has 0 aromatic heterocycles. The summed E-state index contributed by atoms with van der Waals surface area (Å²) in [6.07, 6.45) is 6.38. The second-order valence-electron chi connectivity index (χ2n) is 1.96. The van der Waals surface area contributed by atoms with E-state index in [-0.39, 0.29) is 28.3 Å². The summed E-state index contributed by atoms with van der Waals surface area (Å²) in [7, 11) is 0.120. The van der Waals surface area contributed by atoms with Gasteiger partial charge in [0.15, 0.2) is 0 Å². The van der Waals surface area contributed by atoms with Crippen molar-refractivity contribution in [2.75, 3.05) is 0 Å². The van der Waals surface area contributed by atoms with E-state index in [9.17, 15) is 0 Å². The van der Waals surface area contributed by atoms with Crippen molar-refractivity contribution in [1.29, 1.82) is 0 Å². The Bertz CT molecular complexity index is 61.1. The second kappa shape index (κ2) is 15.7. The number of rotatable bonds is 0. The molecule has 0 atom stereocenters. The monoisotopic (exact) mass is 190 g/mol. The maximum atomic E-state index is 4.72. The molecule has 0 fully saturated rings. The van der Waals surface area contributed by atoms with Crippen molar-refractivity contribution in [3.05, 3.63) is 6.42 Å². The van der Waals surface area contributed by atoms with Crippen LogP contribution in [0, 0.1) is 18.8 Å². The molecule has 0 unspecified atom stereocenters. The Morgan fingerprint density at radius 1 is 1.33 bits per heavy atom. The van der Waals surface area contributed by atoms with Gasteiger partial charge < -0.3 is 6.42 Å². The van der Waals surface area contributed by atoms with E-state index >= 15 is 0 Å². The average Bonchev–Trinajstić information content (AvgIpc) is 1.65. The van der Waals surface area contributed by atoms with E-state index in [0.717, 1.165) is 0 Å². The van der Waals surface area contributed by atoms with Crippen LogP contribution in [-0.4, -0.2) is 8.80 Å². The van der Waals surface area contributed by atoms with Crippen LogP contribution in [0.15, 0.2) is 0 Å². The maximum Gasteiger partial charge on any atom is 0.0379 e. The molecule has 0 nitrogen and oxygen atoms in total. The van der Waals surface area contributed by atoms with Crippen LogP contribution in [0.5, 0.6) is 0 Å². The van der Waals surface area contributed by atoms with E-state index in [2.05, 4.69) is 25.6 Å². The van der Waals surface area contributed by atoms with Crippen LogP contribution in [0.3, 0.4) is 0 Å². The van der Waals surface area contributed by atoms with Gasteiger partial charge in [0.05, 0.1) is 0 Å². The molecule has 0 aliphatic heterocycles. The Morgan fingerprint density at radius 2 is 1.44 bits per heavy atom. The van der Waals surface area contributed by atoms with Crippen molar-refractivity contribution < 1.29 is 19.5 Å². The number of terminal acetylenes is 1. The zero-order valence-electron chi connectivity index (χ0n) is 6.86. The van der Waals surface area contributed by atoms with Crippen LogP contribution in [0.1, 0.15) is 6.92 Å². The third-order valence-electron chi connectivity index (χ3n) is 0.167. The molecular weight excluding hydrogens is 178 g/mol. The van der Waals surface area contributed by atoms with Crippen molar-refractivity contribution in [1.82, 2.24) is 0 Å².